The van der Waals surface area contributed by atoms with Crippen LogP contribution in [-0.2, 0) is 11.3 Å². The van der Waals surface area contributed by atoms with Crippen LogP contribution >= 0.6 is 23.8 Å². The minimum absolute atomic E-state index is 0.0264. The summed E-state index contributed by atoms with van der Waals surface area (Å²) in [6, 6.07) is 7.58. The average Bonchev–Trinajstić information content (AvgIpc) is 2.91. The van der Waals surface area contributed by atoms with Gasteiger partial charge in [-0.25, -0.2) is 0 Å². The molecule has 0 bridgehead atoms. The fraction of sp³-hybridized carbons (Fsp3) is 0.471. The number of hydrogen-bond donors (Lipinski definition) is 2. The molecule has 2 unspecified atom stereocenters. The van der Waals surface area contributed by atoms with E-state index < -0.39 is 0 Å². The van der Waals surface area contributed by atoms with Gasteiger partial charge in [-0.15, -0.1) is 0 Å². The van der Waals surface area contributed by atoms with Crippen molar-refractivity contribution >= 4 is 29.7 Å². The lowest BCUT2D eigenvalue weighted by molar-refractivity contribution is -0.122. The fourth-order valence-electron chi connectivity index (χ4n) is 3.21. The molecule has 0 spiro atoms. The molecule has 1 aromatic heterocycles. The molecule has 0 aliphatic heterocycles. The minimum atomic E-state index is -0.0264. The molecule has 1 saturated carbocycles. The maximum absolute atomic E-state index is 12.5. The van der Waals surface area contributed by atoms with Gasteiger partial charge in [0.1, 0.15) is 6.54 Å². The third kappa shape index (κ3) is 3.87. The number of hydrogen-bond acceptors (Lipinski definition) is 3. The van der Waals surface area contributed by atoms with Crippen molar-refractivity contribution in [3.63, 3.8) is 0 Å². The van der Waals surface area contributed by atoms with Gasteiger partial charge in [0.2, 0.25) is 5.91 Å². The van der Waals surface area contributed by atoms with E-state index in [0.717, 1.165) is 12.0 Å². The number of nitrogens with one attached hydrogen (secondary N) is 2. The van der Waals surface area contributed by atoms with Crippen LogP contribution in [0, 0.1) is 10.7 Å². The Kier molecular flexibility index (Phi) is 5.36. The third-order valence-electron chi connectivity index (χ3n) is 4.62. The van der Waals surface area contributed by atoms with E-state index in [0.29, 0.717) is 21.5 Å². The van der Waals surface area contributed by atoms with Crippen LogP contribution in [0.4, 0.5) is 0 Å². The van der Waals surface area contributed by atoms with E-state index in [1.807, 2.05) is 12.1 Å². The number of carbonyl (C=O) groups is 1. The molecule has 24 heavy (non-hydrogen) atoms. The van der Waals surface area contributed by atoms with E-state index in [1.54, 1.807) is 16.7 Å². The molecular weight excluding hydrogens is 344 g/mol. The summed E-state index contributed by atoms with van der Waals surface area (Å²) in [5.74, 6) is 1.14. The van der Waals surface area contributed by atoms with Crippen LogP contribution in [0.1, 0.15) is 32.6 Å². The highest BCUT2D eigenvalue weighted by Crippen LogP contribution is 2.24. The molecule has 1 aliphatic carbocycles. The van der Waals surface area contributed by atoms with Crippen molar-refractivity contribution < 1.29 is 4.79 Å². The lowest BCUT2D eigenvalue weighted by Gasteiger charge is -2.29. The summed E-state index contributed by atoms with van der Waals surface area (Å²) in [5, 5.41) is 10.8. The Morgan fingerprint density at radius 2 is 2.08 bits per heavy atom. The molecule has 1 amide bonds. The molecule has 2 atom stereocenters. The molecule has 7 heteroatoms. The number of amides is 1. The Morgan fingerprint density at radius 1 is 1.38 bits per heavy atom. The smallest absolute Gasteiger partial charge is 0.240 e. The second-order valence-electron chi connectivity index (χ2n) is 6.38. The largest absolute Gasteiger partial charge is 0.352 e. The summed E-state index contributed by atoms with van der Waals surface area (Å²) in [7, 11) is 0. The number of rotatable bonds is 4. The van der Waals surface area contributed by atoms with Gasteiger partial charge in [-0.2, -0.15) is 5.10 Å². The first kappa shape index (κ1) is 17.2. The Balaban J connectivity index is 1.75. The van der Waals surface area contributed by atoms with Crippen molar-refractivity contribution in [1.82, 2.24) is 20.1 Å². The molecule has 0 saturated heterocycles. The highest BCUT2D eigenvalue weighted by molar-refractivity contribution is 7.71. The molecule has 1 heterocycles. The first-order chi connectivity index (χ1) is 11.5. The SMILES string of the molecule is CC1CCCCC1NC(=O)Cn1c(-c2ccc(Cl)cc2)n[nH]c1=S. The molecule has 1 fully saturated rings. The van der Waals surface area contributed by atoms with E-state index in [2.05, 4.69) is 22.4 Å². The number of nitrogens with zero attached hydrogens (tertiary/aromatic N) is 2. The minimum Gasteiger partial charge on any atom is -0.352 e. The summed E-state index contributed by atoms with van der Waals surface area (Å²) in [4.78, 5) is 12.5. The van der Waals surface area contributed by atoms with Crippen LogP contribution in [-0.4, -0.2) is 26.7 Å². The van der Waals surface area contributed by atoms with E-state index in [4.69, 9.17) is 23.8 Å². The quantitative estimate of drug-likeness (QED) is 0.807. The number of aromatic amines is 1. The maximum Gasteiger partial charge on any atom is 0.240 e. The van der Waals surface area contributed by atoms with Crippen LogP contribution in [0.15, 0.2) is 24.3 Å². The van der Waals surface area contributed by atoms with Gasteiger partial charge in [0.15, 0.2) is 10.6 Å². The highest BCUT2D eigenvalue weighted by Gasteiger charge is 2.23. The van der Waals surface area contributed by atoms with Gasteiger partial charge in [-0.05, 0) is 55.2 Å². The lowest BCUT2D eigenvalue weighted by Crippen LogP contribution is -2.42. The predicted octanol–water partition coefficient (Wildman–Crippen LogP) is 3.96. The summed E-state index contributed by atoms with van der Waals surface area (Å²) >= 11 is 11.2. The number of H-pyrrole nitrogens is 1. The Labute approximate surface area is 151 Å². The molecule has 128 valence electrons. The van der Waals surface area contributed by atoms with Gasteiger partial charge < -0.3 is 5.32 Å². The zero-order valence-corrected chi connectivity index (χ0v) is 15.2. The van der Waals surface area contributed by atoms with Crippen molar-refractivity contribution in [3.05, 3.63) is 34.1 Å². The Morgan fingerprint density at radius 3 is 2.79 bits per heavy atom. The van der Waals surface area contributed by atoms with Crippen LogP contribution in [0.5, 0.6) is 0 Å². The van der Waals surface area contributed by atoms with Crippen molar-refractivity contribution in [2.75, 3.05) is 0 Å². The van der Waals surface area contributed by atoms with Gasteiger partial charge in [0.25, 0.3) is 0 Å². The summed E-state index contributed by atoms with van der Waals surface area (Å²) in [6.45, 7) is 2.36. The molecule has 5 nitrogen and oxygen atoms in total. The summed E-state index contributed by atoms with van der Waals surface area (Å²) in [6.07, 6.45) is 4.65. The first-order valence-electron chi connectivity index (χ1n) is 8.25. The van der Waals surface area contributed by atoms with Gasteiger partial charge in [0.05, 0.1) is 0 Å². The van der Waals surface area contributed by atoms with Crippen molar-refractivity contribution in [2.45, 2.75) is 45.2 Å². The molecule has 1 aliphatic rings. The van der Waals surface area contributed by atoms with Crippen LogP contribution in [0.25, 0.3) is 11.4 Å². The molecule has 1 aromatic carbocycles. The summed E-state index contributed by atoms with van der Waals surface area (Å²) in [5.41, 5.74) is 0.866. The second kappa shape index (κ2) is 7.49. The van der Waals surface area contributed by atoms with E-state index in [1.165, 1.54) is 19.3 Å². The van der Waals surface area contributed by atoms with Crippen molar-refractivity contribution in [1.29, 1.82) is 0 Å². The molecule has 0 radical (unpaired) electrons. The number of carbonyl (C=O) groups excluding carboxylic acids is 1. The predicted molar refractivity (Wildman–Crippen MR) is 97.4 cm³/mol. The van der Waals surface area contributed by atoms with Crippen molar-refractivity contribution in [2.24, 2.45) is 5.92 Å². The Hall–Kier alpha value is -1.66. The van der Waals surface area contributed by atoms with Gasteiger partial charge >= 0.3 is 0 Å². The zero-order valence-electron chi connectivity index (χ0n) is 13.6. The van der Waals surface area contributed by atoms with Gasteiger partial charge in [-0.1, -0.05) is 31.4 Å². The van der Waals surface area contributed by atoms with Crippen LogP contribution in [0.2, 0.25) is 5.02 Å². The fourth-order valence-corrected chi connectivity index (χ4v) is 3.53. The topological polar surface area (TPSA) is 62.7 Å². The molecule has 2 N–H and O–H groups in total. The third-order valence-corrected chi connectivity index (χ3v) is 5.18. The normalized spacial score (nSPS) is 20.8. The number of benzene rings is 1. The molecule has 3 rings (SSSR count). The lowest BCUT2D eigenvalue weighted by atomic mass is 9.86. The average molecular weight is 365 g/mol. The van der Waals surface area contributed by atoms with Gasteiger partial charge in [0, 0.05) is 16.6 Å². The highest BCUT2D eigenvalue weighted by atomic mass is 35.5. The zero-order chi connectivity index (χ0) is 17.1. The van der Waals surface area contributed by atoms with Crippen LogP contribution in [0.3, 0.4) is 0 Å². The number of halogens is 1. The number of aromatic nitrogens is 3. The summed E-state index contributed by atoms with van der Waals surface area (Å²) < 4.78 is 2.16. The molecule has 2 aromatic rings. The second-order valence-corrected chi connectivity index (χ2v) is 7.20. The Bertz CT molecular complexity index is 768. The van der Waals surface area contributed by atoms with E-state index in [9.17, 15) is 4.79 Å². The monoisotopic (exact) mass is 364 g/mol. The van der Waals surface area contributed by atoms with E-state index >= 15 is 0 Å². The first-order valence-corrected chi connectivity index (χ1v) is 9.03. The van der Waals surface area contributed by atoms with Gasteiger partial charge in [-0.3, -0.25) is 14.5 Å². The maximum atomic E-state index is 12.5. The standard InChI is InChI=1S/C17H21ClN4OS/c1-11-4-2-3-5-14(11)19-15(23)10-22-16(20-21-17(22)24)12-6-8-13(18)9-7-12/h6-9,11,14H,2-5,10H2,1H3,(H,19,23)(H,21,24). The van der Waals surface area contributed by atoms with Crippen LogP contribution < -0.4 is 5.32 Å². The van der Waals surface area contributed by atoms with E-state index in [-0.39, 0.29) is 18.5 Å². The van der Waals surface area contributed by atoms with Crippen molar-refractivity contribution in [3.8, 4) is 11.4 Å². The molecular formula is C17H21ClN4OS.